The number of nitrogens with zero attached hydrogens (tertiary/aromatic N) is 4. The predicted octanol–water partition coefficient (Wildman–Crippen LogP) is -0.135. The lowest BCUT2D eigenvalue weighted by atomic mass is 10.5. The van der Waals surface area contributed by atoms with Gasteiger partial charge in [0.1, 0.15) is 10.2 Å². The number of aryl methyl sites for hydroxylation is 1. The molecule has 7 nitrogen and oxygen atoms in total. The van der Waals surface area contributed by atoms with E-state index < -0.39 is 0 Å². The van der Waals surface area contributed by atoms with Crippen LogP contribution in [-0.4, -0.2) is 57.9 Å². The van der Waals surface area contributed by atoms with Gasteiger partial charge in [-0.2, -0.15) is 0 Å². The van der Waals surface area contributed by atoms with Gasteiger partial charge in [0.2, 0.25) is 0 Å². The molecular weight excluding hydrogens is 290 g/mol. The molecule has 0 radical (unpaired) electrons. The van der Waals surface area contributed by atoms with E-state index in [0.717, 1.165) is 16.5 Å². The second kappa shape index (κ2) is 6.97. The van der Waals surface area contributed by atoms with Crippen molar-refractivity contribution in [2.24, 2.45) is 7.05 Å². The van der Waals surface area contributed by atoms with Gasteiger partial charge in [-0.25, -0.2) is 9.78 Å². The monoisotopic (exact) mass is 313 g/mol. The maximum Gasteiger partial charge on any atom is 0.330 e. The van der Waals surface area contributed by atoms with E-state index in [-0.39, 0.29) is 12.3 Å². The Kier molecular flexibility index (Phi) is 5.82. The molecule has 0 unspecified atom stereocenters. The Bertz CT molecular complexity index is 708. The number of aromatic amines is 1. The molecule has 1 N–H and O–H groups in total. The highest BCUT2D eigenvalue weighted by atomic mass is 32.1. The number of hydrogen-bond donors (Lipinski definition) is 1. The fraction of sp³-hybridized carbons (Fsp3) is 0.615. The average Bonchev–Trinajstić information content (AvgIpc) is 2.86. The molecule has 0 saturated heterocycles. The summed E-state index contributed by atoms with van der Waals surface area (Å²) in [6, 6.07) is 0. The molecule has 0 spiro atoms. The lowest BCUT2D eigenvalue weighted by Gasteiger charge is -2.25. The molecule has 8 heteroatoms. The van der Waals surface area contributed by atoms with Gasteiger partial charge in [0.25, 0.3) is 0 Å². The van der Waals surface area contributed by atoms with Gasteiger partial charge in [-0.05, 0) is 6.92 Å². The molecular formula is C13H23N5O2S. The van der Waals surface area contributed by atoms with Crippen molar-refractivity contribution in [2.75, 3.05) is 34.3 Å². The van der Waals surface area contributed by atoms with E-state index in [9.17, 15) is 9.90 Å². The van der Waals surface area contributed by atoms with Crippen LogP contribution in [0.3, 0.4) is 0 Å². The van der Waals surface area contributed by atoms with Crippen LogP contribution in [0.1, 0.15) is 6.92 Å². The lowest BCUT2D eigenvalue weighted by Crippen LogP contribution is -2.39. The molecule has 0 aliphatic carbocycles. The molecule has 0 aliphatic heterocycles. The molecule has 2 aromatic rings. The van der Waals surface area contributed by atoms with E-state index in [4.69, 9.17) is 12.2 Å². The molecule has 0 amide bonds. The molecule has 0 saturated carbocycles. The highest BCUT2D eigenvalue weighted by Gasteiger charge is 2.08. The SMILES string of the molecule is CCn1c(=S)c2[nH]cnc2n(C)c1=O.C[N+](C)(C)CC[O-]. The van der Waals surface area contributed by atoms with Crippen molar-refractivity contribution >= 4 is 23.4 Å². The van der Waals surface area contributed by atoms with Crippen LogP contribution < -0.4 is 10.8 Å². The van der Waals surface area contributed by atoms with Crippen molar-refractivity contribution in [1.82, 2.24) is 19.1 Å². The van der Waals surface area contributed by atoms with Gasteiger partial charge in [-0.3, -0.25) is 9.13 Å². The van der Waals surface area contributed by atoms with Crippen LogP contribution in [0, 0.1) is 4.64 Å². The average molecular weight is 313 g/mol. The van der Waals surface area contributed by atoms with Gasteiger partial charge in [0.05, 0.1) is 34.0 Å². The molecule has 0 fully saturated rings. The fourth-order valence-electron chi connectivity index (χ4n) is 1.74. The minimum atomic E-state index is -0.128. The van der Waals surface area contributed by atoms with Gasteiger partial charge >= 0.3 is 5.69 Å². The standard InChI is InChI=1S/C8H10N4OS.C5H13NO/c1-3-12-7(14)5-6(10-4-9-5)11(2)8(12)13;1-6(2,3)4-5-7/h4H,3H2,1-2H3,(H,9,10);4-5H2,1-3H3. The summed E-state index contributed by atoms with van der Waals surface area (Å²) in [5.41, 5.74) is 1.21. The summed E-state index contributed by atoms with van der Waals surface area (Å²) in [6.45, 7) is 3.21. The molecule has 0 atom stereocenters. The van der Waals surface area contributed by atoms with Crippen molar-refractivity contribution in [1.29, 1.82) is 0 Å². The fourth-order valence-corrected chi connectivity index (χ4v) is 2.10. The Labute approximate surface area is 129 Å². The molecule has 0 aromatic carbocycles. The van der Waals surface area contributed by atoms with E-state index in [2.05, 4.69) is 9.97 Å². The van der Waals surface area contributed by atoms with E-state index in [0.29, 0.717) is 16.8 Å². The van der Waals surface area contributed by atoms with Crippen LogP contribution >= 0.6 is 12.2 Å². The zero-order chi connectivity index (χ0) is 16.2. The van der Waals surface area contributed by atoms with Gasteiger partial charge in [0, 0.05) is 13.6 Å². The Morgan fingerprint density at radius 2 is 2.05 bits per heavy atom. The molecule has 2 rings (SSSR count). The summed E-state index contributed by atoms with van der Waals surface area (Å²) < 4.78 is 4.33. The van der Waals surface area contributed by atoms with Crippen LogP contribution in [0.2, 0.25) is 0 Å². The highest BCUT2D eigenvalue weighted by molar-refractivity contribution is 7.71. The normalized spacial score (nSPS) is 11.3. The second-order valence-electron chi connectivity index (χ2n) is 5.71. The molecule has 2 aromatic heterocycles. The number of imidazole rings is 1. The van der Waals surface area contributed by atoms with Crippen molar-refractivity contribution in [3.63, 3.8) is 0 Å². The molecule has 118 valence electrons. The summed E-state index contributed by atoms with van der Waals surface area (Å²) in [4.78, 5) is 18.7. The number of rotatable bonds is 3. The summed E-state index contributed by atoms with van der Waals surface area (Å²) in [7, 11) is 7.72. The smallest absolute Gasteiger partial charge is 0.330 e. The minimum absolute atomic E-state index is 0.0312. The Balaban J connectivity index is 0.000000270. The predicted molar refractivity (Wildman–Crippen MR) is 83.6 cm³/mol. The first kappa shape index (κ1) is 17.5. The summed E-state index contributed by atoms with van der Waals surface area (Å²) in [6.07, 6.45) is 1.54. The first-order valence-corrected chi connectivity index (χ1v) is 7.15. The van der Waals surface area contributed by atoms with Crippen molar-refractivity contribution in [3.05, 3.63) is 21.5 Å². The van der Waals surface area contributed by atoms with Gasteiger partial charge in [-0.15, -0.1) is 0 Å². The minimum Gasteiger partial charge on any atom is -0.850 e. The van der Waals surface area contributed by atoms with E-state index >= 15 is 0 Å². The third-order valence-electron chi connectivity index (χ3n) is 2.99. The molecule has 2 heterocycles. The maximum atomic E-state index is 11.7. The van der Waals surface area contributed by atoms with Crippen LogP contribution in [0.25, 0.3) is 11.2 Å². The highest BCUT2D eigenvalue weighted by Crippen LogP contribution is 2.06. The summed E-state index contributed by atoms with van der Waals surface area (Å²) in [5, 5.41) is 9.93. The van der Waals surface area contributed by atoms with Crippen molar-refractivity contribution in [3.8, 4) is 0 Å². The third kappa shape index (κ3) is 4.23. The number of quaternary nitrogens is 1. The van der Waals surface area contributed by atoms with Crippen LogP contribution in [0.15, 0.2) is 11.1 Å². The van der Waals surface area contributed by atoms with E-state index in [1.54, 1.807) is 13.4 Å². The number of fused-ring (bicyclic) bond motifs is 1. The topological polar surface area (TPSA) is 78.7 Å². The summed E-state index contributed by atoms with van der Waals surface area (Å²) >= 11 is 5.17. The van der Waals surface area contributed by atoms with Crippen molar-refractivity contribution in [2.45, 2.75) is 13.5 Å². The number of H-pyrrole nitrogens is 1. The molecule has 0 bridgehead atoms. The largest absolute Gasteiger partial charge is 0.850 e. The first-order valence-electron chi connectivity index (χ1n) is 6.74. The van der Waals surface area contributed by atoms with Gasteiger partial charge < -0.3 is 14.6 Å². The molecule has 0 aliphatic rings. The second-order valence-corrected chi connectivity index (χ2v) is 6.10. The van der Waals surface area contributed by atoms with E-state index in [1.807, 2.05) is 28.1 Å². The number of nitrogens with one attached hydrogen (secondary N) is 1. The van der Waals surface area contributed by atoms with Crippen LogP contribution in [0.4, 0.5) is 0 Å². The number of aromatic nitrogens is 4. The quantitative estimate of drug-likeness (QED) is 0.632. The zero-order valence-electron chi connectivity index (χ0n) is 13.2. The Morgan fingerprint density at radius 3 is 2.48 bits per heavy atom. The van der Waals surface area contributed by atoms with Gasteiger partial charge in [0.15, 0.2) is 5.65 Å². The number of likely N-dealkylation sites (N-methyl/N-ethyl adjacent to an activating group) is 1. The van der Waals surface area contributed by atoms with Crippen LogP contribution in [0.5, 0.6) is 0 Å². The van der Waals surface area contributed by atoms with Gasteiger partial charge in [-0.1, -0.05) is 18.8 Å². The first-order chi connectivity index (χ1) is 9.72. The van der Waals surface area contributed by atoms with Crippen molar-refractivity contribution < 1.29 is 9.59 Å². The molecule has 21 heavy (non-hydrogen) atoms. The third-order valence-corrected chi connectivity index (χ3v) is 3.42. The maximum absolute atomic E-state index is 11.7. The van der Waals surface area contributed by atoms with Crippen LogP contribution in [-0.2, 0) is 13.6 Å². The summed E-state index contributed by atoms with van der Waals surface area (Å²) in [5.74, 6) is 0. The zero-order valence-corrected chi connectivity index (χ0v) is 14.0. The van der Waals surface area contributed by atoms with E-state index in [1.165, 1.54) is 9.13 Å². The Morgan fingerprint density at radius 1 is 1.43 bits per heavy atom. The number of hydrogen-bond acceptors (Lipinski definition) is 4. The lowest BCUT2D eigenvalue weighted by molar-refractivity contribution is -0.875. The Hall–Kier alpha value is -1.51.